The van der Waals surface area contributed by atoms with Crippen LogP contribution in [0, 0.1) is 5.82 Å². The number of nitrogens with zero attached hydrogens (tertiary/aromatic N) is 2. The van der Waals surface area contributed by atoms with Crippen molar-refractivity contribution in [2.75, 3.05) is 13.7 Å². The molecule has 0 saturated carbocycles. The summed E-state index contributed by atoms with van der Waals surface area (Å²) in [7, 11) is 1.00. The van der Waals surface area contributed by atoms with Crippen LogP contribution in [0.1, 0.15) is 55.6 Å². The fraction of sp³-hybridized carbons (Fsp3) is 0.400. The van der Waals surface area contributed by atoms with E-state index in [2.05, 4.69) is 11.7 Å². The third kappa shape index (κ3) is 7.89. The van der Waals surface area contributed by atoms with E-state index in [0.717, 1.165) is 19.1 Å². The molecule has 0 amide bonds. The quantitative estimate of drug-likeness (QED) is 0.205. The summed E-state index contributed by atoms with van der Waals surface area (Å²) in [4.78, 5) is 9.68. The first-order valence-corrected chi connectivity index (χ1v) is 13.2. The number of hydrogen-bond donors (Lipinski definition) is 2. The van der Waals surface area contributed by atoms with Gasteiger partial charge in [-0.15, -0.1) is 0 Å². The first-order valence-electron chi connectivity index (χ1n) is 13.2. The Bertz CT molecular complexity index is 1400. The lowest BCUT2D eigenvalue weighted by atomic mass is 9.95. The normalized spacial score (nSPS) is 14.5. The van der Waals surface area contributed by atoms with Crippen LogP contribution in [-0.2, 0) is 30.4 Å². The minimum atomic E-state index is -4.54. The van der Waals surface area contributed by atoms with Crippen molar-refractivity contribution < 1.29 is 46.8 Å². The van der Waals surface area contributed by atoms with E-state index >= 15 is 0 Å². The molecule has 8 nitrogen and oxygen atoms in total. The third-order valence-electron chi connectivity index (χ3n) is 6.32. The van der Waals surface area contributed by atoms with Gasteiger partial charge in [-0.25, -0.2) is 9.07 Å². The predicted molar refractivity (Wildman–Crippen MR) is 146 cm³/mol. The largest absolute Gasteiger partial charge is 0.486 e. The zero-order chi connectivity index (χ0) is 31.1. The molecule has 3 aromatic rings. The molecule has 0 radical (unpaired) electrons. The van der Waals surface area contributed by atoms with Crippen molar-refractivity contribution in [1.82, 2.24) is 9.78 Å². The maximum atomic E-state index is 14.5. The van der Waals surface area contributed by atoms with Gasteiger partial charge in [0.25, 0.3) is 0 Å². The molecule has 0 unspecified atom stereocenters. The monoisotopic (exact) mass is 594 g/mol. The van der Waals surface area contributed by atoms with Crippen molar-refractivity contribution in [1.29, 1.82) is 0 Å². The zero-order valence-corrected chi connectivity index (χ0v) is 23.6. The highest BCUT2D eigenvalue weighted by molar-refractivity contribution is 5.71. The molecule has 0 spiro atoms. The number of ether oxygens (including phenoxy) is 3. The maximum absolute atomic E-state index is 14.5. The van der Waals surface area contributed by atoms with Gasteiger partial charge in [0.2, 0.25) is 5.79 Å². The van der Waals surface area contributed by atoms with Gasteiger partial charge in [-0.1, -0.05) is 12.6 Å². The molecule has 1 aliphatic carbocycles. The van der Waals surface area contributed by atoms with E-state index in [4.69, 9.17) is 24.4 Å². The van der Waals surface area contributed by atoms with Gasteiger partial charge in [-0.3, -0.25) is 4.79 Å². The summed E-state index contributed by atoms with van der Waals surface area (Å²) in [6, 6.07) is 9.26. The van der Waals surface area contributed by atoms with Gasteiger partial charge in [0.15, 0.2) is 28.8 Å². The molecule has 0 bridgehead atoms. The van der Waals surface area contributed by atoms with Crippen LogP contribution in [0.5, 0.6) is 17.2 Å². The summed E-state index contributed by atoms with van der Waals surface area (Å²) in [6.07, 6.45) is -1.22. The zero-order valence-electron chi connectivity index (χ0n) is 23.6. The number of aliphatic hydroxyl groups excluding tert-OH is 2. The number of hydrogen-bond acceptors (Lipinski definition) is 7. The van der Waals surface area contributed by atoms with Crippen molar-refractivity contribution >= 4 is 6.29 Å². The molecule has 2 N–H and O–H groups in total. The van der Waals surface area contributed by atoms with E-state index in [1.165, 1.54) is 22.9 Å². The molecule has 2 aliphatic rings. The Hall–Kier alpha value is -3.90. The first kappa shape index (κ1) is 32.6. The Kier molecular flexibility index (Phi) is 10.7. The molecule has 5 rings (SSSR count). The second-order valence-electron chi connectivity index (χ2n) is 9.93. The highest BCUT2D eigenvalue weighted by Crippen LogP contribution is 2.40. The topological polar surface area (TPSA) is 103 Å². The van der Waals surface area contributed by atoms with Gasteiger partial charge in [-0.2, -0.15) is 18.3 Å². The Morgan fingerprint density at radius 2 is 1.81 bits per heavy atom. The summed E-state index contributed by atoms with van der Waals surface area (Å²) < 4.78 is 73.3. The molecule has 2 aromatic carbocycles. The SMILES string of the molecule is C=C(C=O)CCO.CC1(C)Oc2ccc(COc3cc(-n4nc(C(F)(F)F)c5c4CCCC5)ccc3F)cc2O1.CO. The van der Waals surface area contributed by atoms with Crippen molar-refractivity contribution in [3.8, 4) is 22.9 Å². The lowest BCUT2D eigenvalue weighted by Gasteiger charge is -2.16. The Balaban J connectivity index is 0.000000474. The van der Waals surface area contributed by atoms with E-state index < -0.39 is 23.5 Å². The van der Waals surface area contributed by atoms with Crippen molar-refractivity contribution in [2.24, 2.45) is 0 Å². The van der Waals surface area contributed by atoms with Crippen LogP contribution in [0.2, 0.25) is 0 Å². The number of halogens is 4. The third-order valence-corrected chi connectivity index (χ3v) is 6.32. The Labute approximate surface area is 241 Å². The van der Waals surface area contributed by atoms with Crippen LogP contribution in [0.3, 0.4) is 0 Å². The second-order valence-corrected chi connectivity index (χ2v) is 9.93. The van der Waals surface area contributed by atoms with E-state index in [1.54, 1.807) is 32.0 Å². The second kappa shape index (κ2) is 13.8. The van der Waals surface area contributed by atoms with Gasteiger partial charge >= 0.3 is 6.18 Å². The molecule has 0 saturated heterocycles. The highest BCUT2D eigenvalue weighted by Gasteiger charge is 2.39. The van der Waals surface area contributed by atoms with E-state index in [1.807, 2.05) is 0 Å². The first-order chi connectivity index (χ1) is 19.9. The van der Waals surface area contributed by atoms with Crippen LogP contribution >= 0.6 is 0 Å². The molecule has 228 valence electrons. The molecule has 12 heteroatoms. The average molecular weight is 595 g/mol. The molecule has 2 heterocycles. The number of aromatic nitrogens is 2. The van der Waals surface area contributed by atoms with Crippen LogP contribution in [-0.4, -0.2) is 45.8 Å². The molecule has 42 heavy (non-hydrogen) atoms. The van der Waals surface area contributed by atoms with E-state index in [0.29, 0.717) is 60.4 Å². The van der Waals surface area contributed by atoms with Crippen LogP contribution in [0.4, 0.5) is 17.6 Å². The number of fused-ring (bicyclic) bond motifs is 2. The molecule has 1 aromatic heterocycles. The number of carbonyl (C=O) groups excluding carboxylic acids is 1. The van der Waals surface area contributed by atoms with Crippen LogP contribution in [0.25, 0.3) is 5.69 Å². The van der Waals surface area contributed by atoms with E-state index in [9.17, 15) is 22.4 Å². The summed E-state index contributed by atoms with van der Waals surface area (Å²) >= 11 is 0. The molecule has 1 aliphatic heterocycles. The van der Waals surface area contributed by atoms with Gasteiger partial charge in [0, 0.05) is 44.9 Å². The number of aldehydes is 1. The minimum Gasteiger partial charge on any atom is -0.486 e. The number of benzene rings is 2. The Morgan fingerprint density at radius 1 is 1.12 bits per heavy atom. The van der Waals surface area contributed by atoms with Crippen molar-refractivity contribution in [2.45, 2.75) is 64.5 Å². The summed E-state index contributed by atoms with van der Waals surface area (Å²) in [5, 5.41) is 19.0. The summed E-state index contributed by atoms with van der Waals surface area (Å²) in [5.41, 5.74) is 1.38. The number of rotatable bonds is 7. The standard InChI is InChI=1S/C24H22F4N2O3.C5H8O2.CH4O/c1-23(2)32-19-10-7-14(11-21(19)33-23)13-31-20-12-15(8-9-17(20)25)30-18-6-4-3-5-16(18)22(29-30)24(26,27)28;1-5(4-7)2-3-6;1-2/h7-12H,3-6,13H2,1-2H3;4,6H,1-3H2;2H,1H3. The molecular weight excluding hydrogens is 560 g/mol. The Morgan fingerprint density at radius 3 is 2.45 bits per heavy atom. The van der Waals surface area contributed by atoms with E-state index in [-0.39, 0.29) is 24.5 Å². The lowest BCUT2D eigenvalue weighted by Crippen LogP contribution is -2.29. The molecular formula is C30H34F4N2O6. The lowest BCUT2D eigenvalue weighted by molar-refractivity contribution is -0.142. The predicted octanol–water partition coefficient (Wildman–Crippen LogP) is 5.73. The highest BCUT2D eigenvalue weighted by atomic mass is 19.4. The number of aliphatic hydroxyl groups is 2. The summed E-state index contributed by atoms with van der Waals surface area (Å²) in [5.74, 6) is -0.267. The van der Waals surface area contributed by atoms with Crippen molar-refractivity contribution in [3.05, 3.63) is 76.9 Å². The van der Waals surface area contributed by atoms with Crippen LogP contribution in [0.15, 0.2) is 48.6 Å². The van der Waals surface area contributed by atoms with Gasteiger partial charge in [0.1, 0.15) is 12.9 Å². The smallest absolute Gasteiger partial charge is 0.435 e. The maximum Gasteiger partial charge on any atom is 0.435 e. The van der Waals surface area contributed by atoms with Gasteiger partial charge in [-0.05, 0) is 67.5 Å². The van der Waals surface area contributed by atoms with Gasteiger partial charge in [0.05, 0.1) is 5.69 Å². The summed E-state index contributed by atoms with van der Waals surface area (Å²) in [6.45, 7) is 6.98. The number of carbonyl (C=O) groups is 1. The van der Waals surface area contributed by atoms with Crippen molar-refractivity contribution in [3.63, 3.8) is 0 Å². The molecule has 0 fully saturated rings. The number of alkyl halides is 3. The minimum absolute atomic E-state index is 0.0115. The average Bonchev–Trinajstić information content (AvgIpc) is 3.50. The van der Waals surface area contributed by atoms with Gasteiger partial charge < -0.3 is 24.4 Å². The van der Waals surface area contributed by atoms with Crippen LogP contribution < -0.4 is 14.2 Å². The fourth-order valence-corrected chi connectivity index (χ4v) is 4.50. The fourth-order valence-electron chi connectivity index (χ4n) is 4.50. The molecule has 0 atom stereocenters.